The standard InChI is InChI=1S/C26H19ClN2O3S/c1-14-6-9-16(10-7-14)23(30)21-22(17-4-3-5-18(27)13-17)29(25(32)24(21)31)26-28-19-11-8-15(2)12-20(19)33-26/h3-13,22,30H,1-2H3/t22-/m1/s1. The Hall–Kier alpha value is -3.48. The third-order valence-electron chi connectivity index (χ3n) is 5.67. The first-order chi connectivity index (χ1) is 15.8. The van der Waals surface area contributed by atoms with Crippen molar-refractivity contribution in [3.8, 4) is 0 Å². The van der Waals surface area contributed by atoms with Gasteiger partial charge in [-0.3, -0.25) is 14.5 Å². The summed E-state index contributed by atoms with van der Waals surface area (Å²) in [6.45, 7) is 3.92. The molecule has 0 saturated carbocycles. The normalized spacial score (nSPS) is 17.8. The Balaban J connectivity index is 1.74. The van der Waals surface area contributed by atoms with Crippen LogP contribution in [0, 0.1) is 13.8 Å². The third-order valence-corrected chi connectivity index (χ3v) is 6.93. The van der Waals surface area contributed by atoms with Gasteiger partial charge in [-0.2, -0.15) is 0 Å². The maximum atomic E-state index is 13.3. The number of aliphatic hydroxyl groups excluding tert-OH is 1. The van der Waals surface area contributed by atoms with Gasteiger partial charge in [0, 0.05) is 10.6 Å². The molecule has 1 saturated heterocycles. The summed E-state index contributed by atoms with van der Waals surface area (Å²) in [6.07, 6.45) is 0. The van der Waals surface area contributed by atoms with E-state index in [9.17, 15) is 14.7 Å². The van der Waals surface area contributed by atoms with Crippen molar-refractivity contribution in [1.82, 2.24) is 4.98 Å². The first-order valence-corrected chi connectivity index (χ1v) is 11.5. The van der Waals surface area contributed by atoms with E-state index in [1.165, 1.54) is 16.2 Å². The number of rotatable bonds is 3. The average Bonchev–Trinajstić information content (AvgIpc) is 3.32. The molecule has 0 radical (unpaired) electrons. The molecule has 1 aliphatic heterocycles. The average molecular weight is 475 g/mol. The Morgan fingerprint density at radius 3 is 2.45 bits per heavy atom. The molecule has 0 unspecified atom stereocenters. The van der Waals surface area contributed by atoms with Crippen LogP contribution in [0.3, 0.4) is 0 Å². The van der Waals surface area contributed by atoms with Gasteiger partial charge < -0.3 is 5.11 Å². The second-order valence-electron chi connectivity index (χ2n) is 8.06. The van der Waals surface area contributed by atoms with E-state index in [2.05, 4.69) is 4.98 Å². The summed E-state index contributed by atoms with van der Waals surface area (Å²) < 4.78 is 0.912. The van der Waals surface area contributed by atoms with Crippen molar-refractivity contribution in [2.24, 2.45) is 0 Å². The van der Waals surface area contributed by atoms with E-state index in [4.69, 9.17) is 11.6 Å². The molecule has 164 valence electrons. The van der Waals surface area contributed by atoms with Gasteiger partial charge in [-0.25, -0.2) is 4.98 Å². The van der Waals surface area contributed by atoms with E-state index in [0.717, 1.165) is 21.3 Å². The van der Waals surface area contributed by atoms with Crippen LogP contribution in [0.15, 0.2) is 72.3 Å². The minimum absolute atomic E-state index is 0.0153. The number of halogens is 1. The van der Waals surface area contributed by atoms with Gasteiger partial charge >= 0.3 is 5.91 Å². The predicted molar refractivity (Wildman–Crippen MR) is 132 cm³/mol. The van der Waals surface area contributed by atoms with Crippen LogP contribution in [0.25, 0.3) is 16.0 Å². The number of thiazole rings is 1. The molecule has 1 aliphatic rings. The van der Waals surface area contributed by atoms with Gasteiger partial charge in [-0.05, 0) is 49.2 Å². The number of amides is 1. The van der Waals surface area contributed by atoms with Gasteiger partial charge in [0.1, 0.15) is 5.76 Å². The fourth-order valence-electron chi connectivity index (χ4n) is 4.01. The third kappa shape index (κ3) is 3.71. The van der Waals surface area contributed by atoms with E-state index in [1.54, 1.807) is 36.4 Å². The molecule has 4 aromatic rings. The molecule has 0 bridgehead atoms. The molecule has 1 atom stereocenters. The Kier molecular flexibility index (Phi) is 5.27. The summed E-state index contributed by atoms with van der Waals surface area (Å²) in [5, 5.41) is 12.0. The predicted octanol–water partition coefficient (Wildman–Crippen LogP) is 6.19. The number of ketones is 1. The lowest BCUT2D eigenvalue weighted by Gasteiger charge is -2.23. The van der Waals surface area contributed by atoms with Crippen LogP contribution in [0.5, 0.6) is 0 Å². The van der Waals surface area contributed by atoms with Crippen molar-refractivity contribution >= 4 is 55.7 Å². The summed E-state index contributed by atoms with van der Waals surface area (Å²) in [4.78, 5) is 32.5. The van der Waals surface area contributed by atoms with Crippen LogP contribution >= 0.6 is 22.9 Å². The van der Waals surface area contributed by atoms with Crippen LogP contribution in [0.1, 0.15) is 28.3 Å². The van der Waals surface area contributed by atoms with Gasteiger partial charge in [0.25, 0.3) is 5.78 Å². The fraction of sp³-hybridized carbons (Fsp3) is 0.115. The number of carbonyl (C=O) groups is 2. The molecule has 1 amide bonds. The number of carbonyl (C=O) groups excluding carboxylic acids is 2. The molecule has 3 aromatic carbocycles. The molecule has 2 heterocycles. The molecular weight excluding hydrogens is 456 g/mol. The summed E-state index contributed by atoms with van der Waals surface area (Å²) >= 11 is 7.59. The van der Waals surface area contributed by atoms with Crippen LogP contribution < -0.4 is 4.90 Å². The topological polar surface area (TPSA) is 70.5 Å². The van der Waals surface area contributed by atoms with E-state index < -0.39 is 17.7 Å². The van der Waals surface area contributed by atoms with Crippen molar-refractivity contribution in [3.05, 3.63) is 99.6 Å². The number of hydrogen-bond donors (Lipinski definition) is 1. The number of Topliss-reactive ketones (excluding diaryl/α,β-unsaturated/α-hetero) is 1. The monoisotopic (exact) mass is 474 g/mol. The van der Waals surface area contributed by atoms with Gasteiger partial charge in [0.05, 0.1) is 21.8 Å². The zero-order valence-corrected chi connectivity index (χ0v) is 19.4. The molecule has 5 rings (SSSR count). The number of benzene rings is 3. The molecule has 0 spiro atoms. The molecule has 1 N–H and O–H groups in total. The molecule has 1 aromatic heterocycles. The number of nitrogens with zero attached hydrogens (tertiary/aromatic N) is 2. The zero-order chi connectivity index (χ0) is 23.3. The van der Waals surface area contributed by atoms with Gasteiger partial charge in [-0.1, -0.05) is 71.0 Å². The Labute approximate surface area is 199 Å². The van der Waals surface area contributed by atoms with Crippen molar-refractivity contribution < 1.29 is 14.7 Å². The largest absolute Gasteiger partial charge is 0.507 e. The minimum Gasteiger partial charge on any atom is -0.507 e. The molecule has 1 fully saturated rings. The number of aliphatic hydroxyl groups is 1. The summed E-state index contributed by atoms with van der Waals surface area (Å²) in [5.74, 6) is -1.71. The molecular formula is C26H19ClN2O3S. The Bertz CT molecular complexity index is 1460. The number of hydrogen-bond acceptors (Lipinski definition) is 5. The van der Waals surface area contributed by atoms with Crippen molar-refractivity contribution in [1.29, 1.82) is 0 Å². The highest BCUT2D eigenvalue weighted by Gasteiger charge is 2.48. The van der Waals surface area contributed by atoms with E-state index >= 15 is 0 Å². The second-order valence-corrected chi connectivity index (χ2v) is 9.50. The second kappa shape index (κ2) is 8.14. The van der Waals surface area contributed by atoms with Crippen LogP contribution in [0.2, 0.25) is 5.02 Å². The summed E-state index contributed by atoms with van der Waals surface area (Å²) in [6, 6.07) is 19.1. The van der Waals surface area contributed by atoms with Gasteiger partial charge in [0.15, 0.2) is 5.13 Å². The van der Waals surface area contributed by atoms with Crippen molar-refractivity contribution in [2.75, 3.05) is 4.90 Å². The highest BCUT2D eigenvalue weighted by molar-refractivity contribution is 7.22. The Morgan fingerprint density at radius 1 is 1.00 bits per heavy atom. The smallest absolute Gasteiger partial charge is 0.301 e. The summed E-state index contributed by atoms with van der Waals surface area (Å²) in [7, 11) is 0. The van der Waals surface area contributed by atoms with E-state index in [1.807, 2.05) is 44.2 Å². The molecule has 7 heteroatoms. The van der Waals surface area contributed by atoms with E-state index in [-0.39, 0.29) is 11.3 Å². The number of anilines is 1. The lowest BCUT2D eigenvalue weighted by molar-refractivity contribution is -0.132. The van der Waals surface area contributed by atoms with Crippen molar-refractivity contribution in [2.45, 2.75) is 19.9 Å². The highest BCUT2D eigenvalue weighted by atomic mass is 35.5. The quantitative estimate of drug-likeness (QED) is 0.218. The maximum Gasteiger partial charge on any atom is 0.301 e. The lowest BCUT2D eigenvalue weighted by atomic mass is 9.95. The van der Waals surface area contributed by atoms with Crippen molar-refractivity contribution in [3.63, 3.8) is 0 Å². The van der Waals surface area contributed by atoms with Crippen LogP contribution in [-0.4, -0.2) is 21.8 Å². The first-order valence-electron chi connectivity index (χ1n) is 10.3. The lowest BCUT2D eigenvalue weighted by Crippen LogP contribution is -2.29. The molecule has 33 heavy (non-hydrogen) atoms. The SMILES string of the molecule is Cc1ccc(C(O)=C2C(=O)C(=O)N(c3nc4ccc(C)cc4s3)[C@@H]2c2cccc(Cl)c2)cc1. The Morgan fingerprint density at radius 2 is 1.73 bits per heavy atom. The fourth-order valence-corrected chi connectivity index (χ4v) is 5.30. The summed E-state index contributed by atoms with van der Waals surface area (Å²) in [5.41, 5.74) is 3.93. The van der Waals surface area contributed by atoms with E-state index in [0.29, 0.717) is 21.3 Å². The zero-order valence-electron chi connectivity index (χ0n) is 17.9. The molecule has 0 aliphatic carbocycles. The first kappa shape index (κ1) is 21.4. The number of aromatic nitrogens is 1. The van der Waals surface area contributed by atoms with Gasteiger partial charge in [0.2, 0.25) is 0 Å². The van der Waals surface area contributed by atoms with Crippen LogP contribution in [-0.2, 0) is 9.59 Å². The number of fused-ring (bicyclic) bond motifs is 1. The maximum absolute atomic E-state index is 13.3. The van der Waals surface area contributed by atoms with Gasteiger partial charge in [-0.15, -0.1) is 0 Å². The van der Waals surface area contributed by atoms with Crippen LogP contribution in [0.4, 0.5) is 5.13 Å². The number of aryl methyl sites for hydroxylation is 2. The minimum atomic E-state index is -0.855. The highest BCUT2D eigenvalue weighted by Crippen LogP contribution is 2.44. The molecule has 5 nitrogen and oxygen atoms in total.